The summed E-state index contributed by atoms with van der Waals surface area (Å²) in [7, 11) is 3.99. The van der Waals surface area contributed by atoms with Crippen molar-refractivity contribution in [2.75, 3.05) is 33.7 Å². The summed E-state index contributed by atoms with van der Waals surface area (Å²) in [5.41, 5.74) is 0.916. The summed E-state index contributed by atoms with van der Waals surface area (Å²) in [4.78, 5) is 31.2. The van der Waals surface area contributed by atoms with Crippen LogP contribution < -0.4 is 10.6 Å². The highest BCUT2D eigenvalue weighted by atomic mass is 16.2. The summed E-state index contributed by atoms with van der Waals surface area (Å²) in [5, 5.41) is 5.73. The third-order valence-corrected chi connectivity index (χ3v) is 3.85. The summed E-state index contributed by atoms with van der Waals surface area (Å²) in [6.45, 7) is 4.13. The fourth-order valence-corrected chi connectivity index (χ4v) is 2.50. The first-order valence-electron chi connectivity index (χ1n) is 8.72. The summed E-state index contributed by atoms with van der Waals surface area (Å²) < 4.78 is 1.66. The van der Waals surface area contributed by atoms with E-state index in [-0.39, 0.29) is 23.3 Å². The van der Waals surface area contributed by atoms with Crippen molar-refractivity contribution in [3.63, 3.8) is 0 Å². The van der Waals surface area contributed by atoms with Crippen molar-refractivity contribution in [2.45, 2.75) is 26.2 Å². The van der Waals surface area contributed by atoms with E-state index >= 15 is 0 Å². The van der Waals surface area contributed by atoms with Crippen molar-refractivity contribution in [3.8, 4) is 0 Å². The predicted octanol–water partition coefficient (Wildman–Crippen LogP) is 1.55. The monoisotopic (exact) mass is 345 g/mol. The summed E-state index contributed by atoms with van der Waals surface area (Å²) in [6, 6.07) is 5.44. The second-order valence-electron chi connectivity index (χ2n) is 6.26. The average molecular weight is 345 g/mol. The molecule has 2 N–H and O–H groups in total. The van der Waals surface area contributed by atoms with E-state index in [1.165, 1.54) is 0 Å². The molecule has 0 bridgehead atoms. The van der Waals surface area contributed by atoms with Gasteiger partial charge in [-0.25, -0.2) is 4.98 Å². The van der Waals surface area contributed by atoms with Gasteiger partial charge in [0.25, 0.3) is 11.8 Å². The van der Waals surface area contributed by atoms with Gasteiger partial charge in [0, 0.05) is 19.3 Å². The van der Waals surface area contributed by atoms with Crippen LogP contribution in [0.5, 0.6) is 0 Å². The zero-order valence-electron chi connectivity index (χ0n) is 15.2. The largest absolute Gasteiger partial charge is 0.351 e. The highest BCUT2D eigenvalue weighted by molar-refractivity contribution is 6.02. The van der Waals surface area contributed by atoms with E-state index in [0.717, 1.165) is 25.8 Å². The molecule has 0 spiro atoms. The van der Waals surface area contributed by atoms with Gasteiger partial charge in [-0.15, -0.1) is 0 Å². The Balaban J connectivity index is 2.14. The zero-order chi connectivity index (χ0) is 18.2. The van der Waals surface area contributed by atoms with Gasteiger partial charge in [-0.1, -0.05) is 19.4 Å². The Morgan fingerprint density at radius 3 is 2.56 bits per heavy atom. The lowest BCUT2D eigenvalue weighted by atomic mass is 10.3. The van der Waals surface area contributed by atoms with Crippen LogP contribution in [0.25, 0.3) is 5.52 Å². The first-order valence-corrected chi connectivity index (χ1v) is 8.72. The Labute approximate surface area is 148 Å². The highest BCUT2D eigenvalue weighted by Crippen LogP contribution is 2.13. The molecule has 7 heteroatoms. The molecule has 0 atom stereocenters. The number of carbonyl (C=O) groups is 2. The number of nitrogens with zero attached hydrogens (tertiary/aromatic N) is 3. The number of hydrogen-bond acceptors (Lipinski definition) is 4. The second-order valence-corrected chi connectivity index (χ2v) is 6.26. The number of unbranched alkanes of at least 4 members (excludes halogenated alkanes) is 1. The van der Waals surface area contributed by atoms with Crippen molar-refractivity contribution in [3.05, 3.63) is 35.9 Å². The number of rotatable bonds is 9. The first kappa shape index (κ1) is 18.9. The molecule has 0 aliphatic rings. The molecule has 0 saturated heterocycles. The molecule has 0 aromatic carbocycles. The van der Waals surface area contributed by atoms with E-state index in [0.29, 0.717) is 18.6 Å². The van der Waals surface area contributed by atoms with Crippen molar-refractivity contribution in [2.24, 2.45) is 0 Å². The van der Waals surface area contributed by atoms with E-state index in [1.807, 2.05) is 26.2 Å². The number of hydrogen-bond donors (Lipinski definition) is 2. The van der Waals surface area contributed by atoms with Crippen molar-refractivity contribution in [1.29, 1.82) is 0 Å². The van der Waals surface area contributed by atoms with E-state index < -0.39 is 0 Å². The van der Waals surface area contributed by atoms with Gasteiger partial charge in [-0.05, 0) is 45.6 Å². The van der Waals surface area contributed by atoms with Gasteiger partial charge in [-0.3, -0.25) is 14.0 Å². The Hall–Kier alpha value is -2.41. The Morgan fingerprint density at radius 1 is 1.12 bits per heavy atom. The van der Waals surface area contributed by atoms with Crippen molar-refractivity contribution < 1.29 is 9.59 Å². The molecule has 2 aromatic rings. The van der Waals surface area contributed by atoms with Crippen LogP contribution in [0, 0.1) is 0 Å². The van der Waals surface area contributed by atoms with E-state index in [2.05, 4.69) is 27.4 Å². The smallest absolute Gasteiger partial charge is 0.287 e. The van der Waals surface area contributed by atoms with Crippen LogP contribution in [0.1, 0.15) is 47.3 Å². The number of pyridine rings is 1. The molecular weight excluding hydrogens is 318 g/mol. The molecule has 0 saturated carbocycles. The van der Waals surface area contributed by atoms with E-state index in [4.69, 9.17) is 0 Å². The number of carbonyl (C=O) groups excluding carboxylic acids is 2. The molecule has 0 aliphatic heterocycles. The quantitative estimate of drug-likeness (QED) is 0.676. The number of fused-ring (bicyclic) bond motifs is 1. The lowest BCUT2D eigenvalue weighted by Gasteiger charge is -2.09. The summed E-state index contributed by atoms with van der Waals surface area (Å²) in [6.07, 6.45) is 4.52. The fourth-order valence-electron chi connectivity index (χ4n) is 2.50. The lowest BCUT2D eigenvalue weighted by molar-refractivity contribution is 0.0942. The number of nitrogens with one attached hydrogen (secondary N) is 2. The van der Waals surface area contributed by atoms with Crippen LogP contribution >= 0.6 is 0 Å². The predicted molar refractivity (Wildman–Crippen MR) is 97.9 cm³/mol. The zero-order valence-corrected chi connectivity index (χ0v) is 15.2. The molecule has 0 aliphatic carbocycles. The standard InChI is InChI=1S/C18H27N5O2/c1-4-5-10-20-18(25)16-21-15(14-9-6-7-13-23(14)16)17(24)19-11-8-12-22(2)3/h6-7,9,13H,4-5,8,10-12H2,1-3H3,(H,19,24)(H,20,25). The Kier molecular flexibility index (Phi) is 6.94. The highest BCUT2D eigenvalue weighted by Gasteiger charge is 2.20. The lowest BCUT2D eigenvalue weighted by Crippen LogP contribution is -2.28. The van der Waals surface area contributed by atoms with Gasteiger partial charge in [0.2, 0.25) is 5.82 Å². The minimum Gasteiger partial charge on any atom is -0.351 e. The molecule has 2 amide bonds. The van der Waals surface area contributed by atoms with Gasteiger partial charge in [-0.2, -0.15) is 0 Å². The molecule has 2 heterocycles. The Bertz CT molecular complexity index is 723. The molecule has 0 fully saturated rings. The minimum absolute atomic E-state index is 0.241. The molecule has 2 aromatic heterocycles. The second kappa shape index (κ2) is 9.17. The third-order valence-electron chi connectivity index (χ3n) is 3.85. The van der Waals surface area contributed by atoms with Gasteiger partial charge in [0.05, 0.1) is 5.52 Å². The topological polar surface area (TPSA) is 78.7 Å². The average Bonchev–Trinajstić information content (AvgIpc) is 2.98. The van der Waals surface area contributed by atoms with Crippen LogP contribution in [0.3, 0.4) is 0 Å². The SMILES string of the molecule is CCCCNC(=O)c1nc(C(=O)NCCCN(C)C)c2ccccn12. The third kappa shape index (κ3) is 5.03. The van der Waals surface area contributed by atoms with Crippen molar-refractivity contribution in [1.82, 2.24) is 24.9 Å². The van der Waals surface area contributed by atoms with Crippen LogP contribution in [-0.4, -0.2) is 59.8 Å². The summed E-state index contributed by atoms with van der Waals surface area (Å²) in [5.74, 6) is -0.276. The van der Waals surface area contributed by atoms with Crippen molar-refractivity contribution >= 4 is 17.3 Å². The molecule has 2 rings (SSSR count). The number of imidazole rings is 1. The molecule has 7 nitrogen and oxygen atoms in total. The normalized spacial score (nSPS) is 11.0. The van der Waals surface area contributed by atoms with Crippen LogP contribution in [0.4, 0.5) is 0 Å². The van der Waals surface area contributed by atoms with Gasteiger partial charge in [0.1, 0.15) is 0 Å². The van der Waals surface area contributed by atoms with Crippen LogP contribution in [0.15, 0.2) is 24.4 Å². The summed E-state index contributed by atoms with van der Waals surface area (Å²) >= 11 is 0. The fraction of sp³-hybridized carbons (Fsp3) is 0.500. The molecule has 0 radical (unpaired) electrons. The minimum atomic E-state index is -0.263. The molecule has 0 unspecified atom stereocenters. The maximum absolute atomic E-state index is 12.5. The maximum atomic E-state index is 12.5. The van der Waals surface area contributed by atoms with Gasteiger partial charge < -0.3 is 15.5 Å². The van der Waals surface area contributed by atoms with E-state index in [9.17, 15) is 9.59 Å². The van der Waals surface area contributed by atoms with E-state index in [1.54, 1.807) is 16.7 Å². The van der Waals surface area contributed by atoms with Gasteiger partial charge in [0.15, 0.2) is 5.69 Å². The Morgan fingerprint density at radius 2 is 1.84 bits per heavy atom. The first-order chi connectivity index (χ1) is 12.0. The number of amides is 2. The van der Waals surface area contributed by atoms with Crippen LogP contribution in [-0.2, 0) is 0 Å². The maximum Gasteiger partial charge on any atom is 0.287 e. The number of aromatic nitrogens is 2. The van der Waals surface area contributed by atoms with Gasteiger partial charge >= 0.3 is 0 Å². The molecular formula is C18H27N5O2. The molecule has 25 heavy (non-hydrogen) atoms. The van der Waals surface area contributed by atoms with Crippen LogP contribution in [0.2, 0.25) is 0 Å². The molecule has 136 valence electrons.